The third kappa shape index (κ3) is 2.59. The molecule has 0 aliphatic rings. The van der Waals surface area contributed by atoms with Crippen molar-refractivity contribution in [2.45, 2.75) is 26.7 Å². The zero-order valence-electron chi connectivity index (χ0n) is 10.7. The lowest BCUT2D eigenvalue weighted by molar-refractivity contribution is 0.0988. The van der Waals surface area contributed by atoms with E-state index in [0.29, 0.717) is 11.6 Å². The van der Waals surface area contributed by atoms with E-state index >= 15 is 0 Å². The van der Waals surface area contributed by atoms with Crippen molar-refractivity contribution in [1.82, 2.24) is 5.16 Å². The van der Waals surface area contributed by atoms with Gasteiger partial charge in [0, 0.05) is 11.8 Å². The minimum atomic E-state index is -0.274. The van der Waals surface area contributed by atoms with Gasteiger partial charge in [0.2, 0.25) is 5.76 Å². The van der Waals surface area contributed by atoms with E-state index in [1.54, 1.807) is 13.0 Å². The van der Waals surface area contributed by atoms with Crippen molar-refractivity contribution >= 4 is 11.6 Å². The van der Waals surface area contributed by atoms with Gasteiger partial charge in [0.05, 0.1) is 5.69 Å². The molecular weight excluding hydrogens is 228 g/mol. The minimum absolute atomic E-state index is 0.228. The Kier molecular flexibility index (Phi) is 3.46. The van der Waals surface area contributed by atoms with Crippen LogP contribution in [0.2, 0.25) is 0 Å². The van der Waals surface area contributed by atoms with Crippen LogP contribution in [-0.2, 0) is 0 Å². The van der Waals surface area contributed by atoms with E-state index < -0.39 is 0 Å². The van der Waals surface area contributed by atoms with Crippen LogP contribution < -0.4 is 5.32 Å². The molecule has 0 saturated carbocycles. The molecule has 0 atom stereocenters. The van der Waals surface area contributed by atoms with Crippen LogP contribution in [0.15, 0.2) is 34.9 Å². The molecule has 4 nitrogen and oxygen atoms in total. The average molecular weight is 244 g/mol. The number of para-hydroxylation sites is 1. The number of nitrogens with one attached hydrogen (secondary N) is 1. The second-order valence-corrected chi connectivity index (χ2v) is 4.53. The molecule has 0 fully saturated rings. The summed E-state index contributed by atoms with van der Waals surface area (Å²) in [6.07, 6.45) is 0. The first kappa shape index (κ1) is 12.4. The molecule has 1 amide bonds. The predicted molar refractivity (Wildman–Crippen MR) is 69.7 cm³/mol. The van der Waals surface area contributed by atoms with Crippen LogP contribution in [0.5, 0.6) is 0 Å². The summed E-state index contributed by atoms with van der Waals surface area (Å²) < 4.78 is 4.94. The molecule has 0 aliphatic carbocycles. The van der Waals surface area contributed by atoms with E-state index in [-0.39, 0.29) is 11.7 Å². The van der Waals surface area contributed by atoms with Crippen molar-refractivity contribution < 1.29 is 9.32 Å². The number of aromatic nitrogens is 1. The van der Waals surface area contributed by atoms with Crippen molar-refractivity contribution in [3.63, 3.8) is 0 Å². The fourth-order valence-electron chi connectivity index (χ4n) is 1.77. The molecule has 0 unspecified atom stereocenters. The fraction of sp³-hybridized carbons (Fsp3) is 0.286. The largest absolute Gasteiger partial charge is 0.351 e. The van der Waals surface area contributed by atoms with Gasteiger partial charge < -0.3 is 9.84 Å². The summed E-state index contributed by atoms with van der Waals surface area (Å²) >= 11 is 0. The third-order valence-corrected chi connectivity index (χ3v) is 2.68. The van der Waals surface area contributed by atoms with Gasteiger partial charge in [-0.05, 0) is 24.5 Å². The van der Waals surface area contributed by atoms with Crippen LogP contribution in [0, 0.1) is 6.92 Å². The summed E-state index contributed by atoms with van der Waals surface area (Å²) in [6.45, 7) is 5.95. The van der Waals surface area contributed by atoms with Gasteiger partial charge in [0.15, 0.2) is 0 Å². The number of benzene rings is 1. The van der Waals surface area contributed by atoms with Gasteiger partial charge in [0.1, 0.15) is 0 Å². The Bertz CT molecular complexity index is 558. The number of anilines is 1. The van der Waals surface area contributed by atoms with Gasteiger partial charge >= 0.3 is 0 Å². The number of rotatable bonds is 3. The van der Waals surface area contributed by atoms with E-state index in [2.05, 4.69) is 24.3 Å². The predicted octanol–water partition coefficient (Wildman–Crippen LogP) is 3.36. The molecule has 4 heteroatoms. The van der Waals surface area contributed by atoms with Crippen LogP contribution >= 0.6 is 0 Å². The molecule has 0 spiro atoms. The highest BCUT2D eigenvalue weighted by molar-refractivity contribution is 6.02. The van der Waals surface area contributed by atoms with Crippen LogP contribution in [-0.4, -0.2) is 11.1 Å². The maximum Gasteiger partial charge on any atom is 0.294 e. The SMILES string of the molecule is Cc1cc(C(=O)Nc2ccccc2C(C)C)on1. The van der Waals surface area contributed by atoms with E-state index in [1.807, 2.05) is 24.3 Å². The first-order valence-electron chi connectivity index (χ1n) is 5.91. The Hall–Kier alpha value is -2.10. The molecule has 1 N–H and O–H groups in total. The van der Waals surface area contributed by atoms with Crippen molar-refractivity contribution in [3.8, 4) is 0 Å². The molecule has 0 radical (unpaired) electrons. The summed E-state index contributed by atoms with van der Waals surface area (Å²) in [6, 6.07) is 9.37. The maximum atomic E-state index is 12.0. The van der Waals surface area contributed by atoms with Crippen molar-refractivity contribution in [2.75, 3.05) is 5.32 Å². The topological polar surface area (TPSA) is 55.1 Å². The molecular formula is C14H16N2O2. The highest BCUT2D eigenvalue weighted by atomic mass is 16.5. The molecule has 2 aromatic rings. The van der Waals surface area contributed by atoms with Crippen LogP contribution in [0.25, 0.3) is 0 Å². The van der Waals surface area contributed by atoms with Crippen LogP contribution in [0.4, 0.5) is 5.69 Å². The Morgan fingerprint density at radius 1 is 1.33 bits per heavy atom. The molecule has 1 aromatic carbocycles. The number of amides is 1. The molecule has 94 valence electrons. The Labute approximate surface area is 106 Å². The Morgan fingerprint density at radius 2 is 2.06 bits per heavy atom. The number of hydrogen-bond acceptors (Lipinski definition) is 3. The Balaban J connectivity index is 2.22. The quantitative estimate of drug-likeness (QED) is 0.900. The zero-order valence-corrected chi connectivity index (χ0v) is 10.7. The third-order valence-electron chi connectivity index (χ3n) is 2.68. The number of carbonyl (C=O) groups excluding carboxylic acids is 1. The van der Waals surface area contributed by atoms with Gasteiger partial charge in [0.25, 0.3) is 5.91 Å². The lowest BCUT2D eigenvalue weighted by atomic mass is 10.0. The van der Waals surface area contributed by atoms with Gasteiger partial charge in [-0.25, -0.2) is 0 Å². The molecule has 1 heterocycles. The van der Waals surface area contributed by atoms with Crippen molar-refractivity contribution in [2.24, 2.45) is 0 Å². The standard InChI is InChI=1S/C14H16N2O2/c1-9(2)11-6-4-5-7-12(11)15-14(17)13-8-10(3)16-18-13/h4-9H,1-3H3,(H,15,17). The van der Waals surface area contributed by atoms with Gasteiger partial charge in [-0.3, -0.25) is 4.79 Å². The van der Waals surface area contributed by atoms with Crippen LogP contribution in [0.1, 0.15) is 41.6 Å². The normalized spacial score (nSPS) is 10.7. The second kappa shape index (κ2) is 5.04. The minimum Gasteiger partial charge on any atom is -0.351 e. The average Bonchev–Trinajstić information content (AvgIpc) is 2.76. The van der Waals surface area contributed by atoms with Gasteiger partial charge in [-0.2, -0.15) is 0 Å². The highest BCUT2D eigenvalue weighted by Crippen LogP contribution is 2.24. The van der Waals surface area contributed by atoms with Gasteiger partial charge in [-0.1, -0.05) is 37.2 Å². The second-order valence-electron chi connectivity index (χ2n) is 4.53. The number of nitrogens with zero attached hydrogens (tertiary/aromatic N) is 1. The zero-order chi connectivity index (χ0) is 13.1. The lowest BCUT2D eigenvalue weighted by Gasteiger charge is -2.12. The molecule has 0 bridgehead atoms. The number of carbonyl (C=O) groups is 1. The summed E-state index contributed by atoms with van der Waals surface area (Å²) in [5.74, 6) is 0.299. The molecule has 0 saturated heterocycles. The summed E-state index contributed by atoms with van der Waals surface area (Å²) in [5.41, 5.74) is 2.60. The first-order valence-corrected chi connectivity index (χ1v) is 5.91. The summed E-state index contributed by atoms with van der Waals surface area (Å²) in [7, 11) is 0. The smallest absolute Gasteiger partial charge is 0.294 e. The highest BCUT2D eigenvalue weighted by Gasteiger charge is 2.14. The maximum absolute atomic E-state index is 12.0. The van der Waals surface area contributed by atoms with E-state index in [4.69, 9.17) is 4.52 Å². The number of aryl methyl sites for hydroxylation is 1. The van der Waals surface area contributed by atoms with E-state index in [1.165, 1.54) is 0 Å². The number of hydrogen-bond donors (Lipinski definition) is 1. The van der Waals surface area contributed by atoms with Crippen LogP contribution in [0.3, 0.4) is 0 Å². The summed E-state index contributed by atoms with van der Waals surface area (Å²) in [4.78, 5) is 12.0. The molecule has 2 rings (SSSR count). The molecule has 18 heavy (non-hydrogen) atoms. The molecule has 1 aromatic heterocycles. The van der Waals surface area contributed by atoms with Crippen molar-refractivity contribution in [1.29, 1.82) is 0 Å². The first-order chi connectivity index (χ1) is 8.58. The van der Waals surface area contributed by atoms with Crippen molar-refractivity contribution in [3.05, 3.63) is 47.3 Å². The van der Waals surface area contributed by atoms with Gasteiger partial charge in [-0.15, -0.1) is 0 Å². The molecule has 0 aliphatic heterocycles. The van der Waals surface area contributed by atoms with E-state index in [0.717, 1.165) is 11.3 Å². The Morgan fingerprint density at radius 3 is 2.67 bits per heavy atom. The fourth-order valence-corrected chi connectivity index (χ4v) is 1.77. The summed E-state index contributed by atoms with van der Waals surface area (Å²) in [5, 5.41) is 6.55. The lowest BCUT2D eigenvalue weighted by Crippen LogP contribution is -2.12. The van der Waals surface area contributed by atoms with E-state index in [9.17, 15) is 4.79 Å². The monoisotopic (exact) mass is 244 g/mol.